The van der Waals surface area contributed by atoms with Crippen molar-refractivity contribution in [2.75, 3.05) is 13.1 Å². The van der Waals surface area contributed by atoms with Gasteiger partial charge in [0.2, 0.25) is 0 Å². The third kappa shape index (κ3) is 2.90. The Morgan fingerprint density at radius 2 is 2.29 bits per heavy atom. The van der Waals surface area contributed by atoms with Crippen molar-refractivity contribution in [3.8, 4) is 0 Å². The van der Waals surface area contributed by atoms with Gasteiger partial charge in [0.05, 0.1) is 6.54 Å². The molecule has 1 aliphatic heterocycles. The van der Waals surface area contributed by atoms with Gasteiger partial charge in [-0.15, -0.1) is 0 Å². The molecule has 0 radical (unpaired) electrons. The number of nitrogens with zero attached hydrogens (tertiary/aromatic N) is 1. The molecule has 1 aromatic heterocycles. The van der Waals surface area contributed by atoms with Crippen molar-refractivity contribution >= 4 is 0 Å². The smallest absolute Gasteiger partial charge is 0.118 e. The second-order valence-electron chi connectivity index (χ2n) is 5.56. The quantitative estimate of drug-likeness (QED) is 0.874. The van der Waals surface area contributed by atoms with E-state index in [1.165, 1.54) is 0 Å². The molecule has 0 aromatic carbocycles. The highest BCUT2D eigenvalue weighted by Crippen LogP contribution is 2.21. The zero-order chi connectivity index (χ0) is 12.5. The van der Waals surface area contributed by atoms with Crippen LogP contribution in [0.4, 0.5) is 0 Å². The van der Waals surface area contributed by atoms with Crippen LogP contribution in [0.2, 0.25) is 0 Å². The molecule has 0 bridgehead atoms. The summed E-state index contributed by atoms with van der Waals surface area (Å²) in [7, 11) is 0. The first-order valence-corrected chi connectivity index (χ1v) is 6.57. The molecule has 17 heavy (non-hydrogen) atoms. The lowest BCUT2D eigenvalue weighted by Crippen LogP contribution is -2.61. The Kier molecular flexibility index (Phi) is 3.59. The van der Waals surface area contributed by atoms with Gasteiger partial charge in [-0.05, 0) is 39.3 Å². The molecular formula is C14H24N2O. The minimum Gasteiger partial charge on any atom is -0.465 e. The molecule has 1 aromatic rings. The first-order chi connectivity index (χ1) is 8.02. The van der Waals surface area contributed by atoms with Crippen LogP contribution in [0.1, 0.15) is 38.7 Å². The third-order valence-electron chi connectivity index (χ3n) is 3.93. The lowest BCUT2D eigenvalue weighted by atomic mass is 9.94. The summed E-state index contributed by atoms with van der Waals surface area (Å²) in [6, 6.07) is 4.70. The lowest BCUT2D eigenvalue weighted by molar-refractivity contribution is 0.0801. The van der Waals surface area contributed by atoms with Gasteiger partial charge in [0.25, 0.3) is 0 Å². The molecule has 1 fully saturated rings. The maximum atomic E-state index is 5.67. The summed E-state index contributed by atoms with van der Waals surface area (Å²) in [4.78, 5) is 2.51. The van der Waals surface area contributed by atoms with Gasteiger partial charge in [0.15, 0.2) is 0 Å². The van der Waals surface area contributed by atoms with Gasteiger partial charge in [-0.25, -0.2) is 0 Å². The summed E-state index contributed by atoms with van der Waals surface area (Å²) in [6.45, 7) is 11.9. The zero-order valence-electron chi connectivity index (χ0n) is 11.4. The van der Waals surface area contributed by atoms with E-state index in [0.717, 1.165) is 37.6 Å². The van der Waals surface area contributed by atoms with Gasteiger partial charge in [0, 0.05) is 24.7 Å². The van der Waals surface area contributed by atoms with Crippen molar-refractivity contribution in [3.63, 3.8) is 0 Å². The lowest BCUT2D eigenvalue weighted by Gasteiger charge is -2.44. The normalized spacial score (nSPS) is 30.7. The SMILES string of the molecule is CCC1(C)CN(Cc2ccc(C)o2)C(C)CN1. The fourth-order valence-corrected chi connectivity index (χ4v) is 2.40. The molecule has 2 unspecified atom stereocenters. The summed E-state index contributed by atoms with van der Waals surface area (Å²) in [5.74, 6) is 2.08. The third-order valence-corrected chi connectivity index (χ3v) is 3.93. The van der Waals surface area contributed by atoms with Crippen molar-refractivity contribution in [1.82, 2.24) is 10.2 Å². The van der Waals surface area contributed by atoms with E-state index in [1.807, 2.05) is 13.0 Å². The second-order valence-corrected chi connectivity index (χ2v) is 5.56. The molecule has 2 heterocycles. The number of hydrogen-bond acceptors (Lipinski definition) is 3. The minimum atomic E-state index is 0.244. The first kappa shape index (κ1) is 12.7. The summed E-state index contributed by atoms with van der Waals surface area (Å²) in [5, 5.41) is 3.64. The van der Waals surface area contributed by atoms with Crippen LogP contribution < -0.4 is 5.32 Å². The number of nitrogens with one attached hydrogen (secondary N) is 1. The van der Waals surface area contributed by atoms with Crippen LogP contribution in [0.15, 0.2) is 16.5 Å². The molecule has 0 amide bonds. The molecule has 1 aliphatic rings. The topological polar surface area (TPSA) is 28.4 Å². The average molecular weight is 236 g/mol. The number of rotatable bonds is 3. The molecule has 2 rings (SSSR count). The predicted octanol–water partition coefficient (Wildman–Crippen LogP) is 2.55. The van der Waals surface area contributed by atoms with Gasteiger partial charge >= 0.3 is 0 Å². The van der Waals surface area contributed by atoms with Gasteiger partial charge in [-0.1, -0.05) is 6.92 Å². The van der Waals surface area contributed by atoms with Crippen LogP contribution in [0.5, 0.6) is 0 Å². The van der Waals surface area contributed by atoms with E-state index in [1.54, 1.807) is 0 Å². The largest absolute Gasteiger partial charge is 0.465 e. The van der Waals surface area contributed by atoms with Crippen molar-refractivity contribution in [2.45, 2.75) is 52.2 Å². The Morgan fingerprint density at radius 1 is 1.53 bits per heavy atom. The Morgan fingerprint density at radius 3 is 2.88 bits per heavy atom. The number of hydrogen-bond donors (Lipinski definition) is 1. The fourth-order valence-electron chi connectivity index (χ4n) is 2.40. The van der Waals surface area contributed by atoms with E-state index in [0.29, 0.717) is 6.04 Å². The van der Waals surface area contributed by atoms with E-state index >= 15 is 0 Å². The fraction of sp³-hybridized carbons (Fsp3) is 0.714. The summed E-state index contributed by atoms with van der Waals surface area (Å²) in [5.41, 5.74) is 0.244. The Bertz CT molecular complexity index is 374. The van der Waals surface area contributed by atoms with Crippen molar-refractivity contribution in [2.24, 2.45) is 0 Å². The van der Waals surface area contributed by atoms with Crippen LogP contribution in [-0.2, 0) is 6.54 Å². The van der Waals surface area contributed by atoms with Crippen LogP contribution in [0.3, 0.4) is 0 Å². The number of aryl methyl sites for hydroxylation is 1. The van der Waals surface area contributed by atoms with Crippen LogP contribution in [0.25, 0.3) is 0 Å². The number of piperazine rings is 1. The molecule has 2 atom stereocenters. The van der Waals surface area contributed by atoms with Crippen LogP contribution >= 0.6 is 0 Å². The van der Waals surface area contributed by atoms with Crippen molar-refractivity contribution < 1.29 is 4.42 Å². The monoisotopic (exact) mass is 236 g/mol. The van der Waals surface area contributed by atoms with E-state index < -0.39 is 0 Å². The molecule has 96 valence electrons. The van der Waals surface area contributed by atoms with Crippen molar-refractivity contribution in [3.05, 3.63) is 23.7 Å². The van der Waals surface area contributed by atoms with Gasteiger partial charge in [-0.2, -0.15) is 0 Å². The number of furan rings is 1. The van der Waals surface area contributed by atoms with Crippen LogP contribution in [-0.4, -0.2) is 29.6 Å². The Hall–Kier alpha value is -0.800. The second kappa shape index (κ2) is 4.83. The average Bonchev–Trinajstić information content (AvgIpc) is 2.70. The van der Waals surface area contributed by atoms with Crippen LogP contribution in [0, 0.1) is 6.92 Å². The van der Waals surface area contributed by atoms with Gasteiger partial charge in [0.1, 0.15) is 11.5 Å². The molecule has 3 nitrogen and oxygen atoms in total. The summed E-state index contributed by atoms with van der Waals surface area (Å²) >= 11 is 0. The maximum absolute atomic E-state index is 5.67. The molecule has 1 saturated heterocycles. The highest BCUT2D eigenvalue weighted by atomic mass is 16.3. The molecule has 3 heteroatoms. The minimum absolute atomic E-state index is 0.244. The predicted molar refractivity (Wildman–Crippen MR) is 70.0 cm³/mol. The maximum Gasteiger partial charge on any atom is 0.118 e. The zero-order valence-corrected chi connectivity index (χ0v) is 11.4. The summed E-state index contributed by atoms with van der Waals surface area (Å²) < 4.78 is 5.67. The standard InChI is InChI=1S/C14H24N2O/c1-5-14(4)10-16(11(2)8-15-14)9-13-7-6-12(3)17-13/h6-7,11,15H,5,8-10H2,1-4H3. The van der Waals surface area contributed by atoms with E-state index in [2.05, 4.69) is 37.1 Å². The first-order valence-electron chi connectivity index (χ1n) is 6.57. The van der Waals surface area contributed by atoms with Gasteiger partial charge in [-0.3, -0.25) is 4.90 Å². The Balaban J connectivity index is 2.03. The molecule has 0 spiro atoms. The van der Waals surface area contributed by atoms with Gasteiger partial charge < -0.3 is 9.73 Å². The van der Waals surface area contributed by atoms with Crippen molar-refractivity contribution in [1.29, 1.82) is 0 Å². The highest BCUT2D eigenvalue weighted by molar-refractivity contribution is 5.06. The van der Waals surface area contributed by atoms with E-state index in [-0.39, 0.29) is 5.54 Å². The Labute approximate surface area is 104 Å². The molecule has 0 saturated carbocycles. The van der Waals surface area contributed by atoms with E-state index in [4.69, 9.17) is 4.42 Å². The van der Waals surface area contributed by atoms with E-state index in [9.17, 15) is 0 Å². The molecule has 0 aliphatic carbocycles. The molecular weight excluding hydrogens is 212 g/mol. The highest BCUT2D eigenvalue weighted by Gasteiger charge is 2.32. The molecule has 1 N–H and O–H groups in total. The summed E-state index contributed by atoms with van der Waals surface area (Å²) in [6.07, 6.45) is 1.16.